The maximum absolute atomic E-state index is 12.3. The molecule has 5 heteroatoms. The number of nitrogens with zero attached hydrogens (tertiary/aromatic N) is 2. The van der Waals surface area contributed by atoms with Gasteiger partial charge < -0.3 is 9.64 Å². The van der Waals surface area contributed by atoms with Crippen LogP contribution in [0.25, 0.3) is 0 Å². The molecule has 18 heavy (non-hydrogen) atoms. The van der Waals surface area contributed by atoms with Crippen LogP contribution >= 0.6 is 0 Å². The lowest BCUT2D eigenvalue weighted by atomic mass is 9.95. The molecule has 0 N–H and O–H groups in total. The maximum atomic E-state index is 12.3. The second kappa shape index (κ2) is 5.26. The fourth-order valence-electron chi connectivity index (χ4n) is 2.30. The van der Waals surface area contributed by atoms with Gasteiger partial charge in [0.15, 0.2) is 0 Å². The summed E-state index contributed by atoms with van der Waals surface area (Å²) in [6.45, 7) is 8.96. The van der Waals surface area contributed by atoms with Crippen molar-refractivity contribution in [3.8, 4) is 0 Å². The van der Waals surface area contributed by atoms with Gasteiger partial charge in [-0.3, -0.25) is 14.5 Å². The number of rotatable bonds is 2. The lowest BCUT2D eigenvalue weighted by Gasteiger charge is -2.48. The number of ether oxygens (including phenoxy) is 1. The molecule has 2 unspecified atom stereocenters. The Morgan fingerprint density at radius 1 is 1.44 bits per heavy atom. The summed E-state index contributed by atoms with van der Waals surface area (Å²) in [5, 5.41) is 0. The van der Waals surface area contributed by atoms with Crippen LogP contribution in [-0.4, -0.2) is 60.0 Å². The minimum atomic E-state index is -0.418. The van der Waals surface area contributed by atoms with E-state index in [9.17, 15) is 9.59 Å². The Labute approximate surface area is 109 Å². The lowest BCUT2D eigenvalue weighted by Crippen LogP contribution is -2.64. The molecular formula is C13H24N2O3. The van der Waals surface area contributed by atoms with Crippen LogP contribution < -0.4 is 0 Å². The number of hydrogen-bond acceptors (Lipinski definition) is 4. The molecule has 0 aromatic heterocycles. The van der Waals surface area contributed by atoms with Crippen LogP contribution in [0.2, 0.25) is 0 Å². The van der Waals surface area contributed by atoms with Gasteiger partial charge in [-0.05, 0) is 27.7 Å². The van der Waals surface area contributed by atoms with E-state index in [0.717, 1.165) is 6.54 Å². The van der Waals surface area contributed by atoms with E-state index < -0.39 is 6.04 Å². The normalized spacial score (nSPS) is 26.3. The Morgan fingerprint density at radius 3 is 2.44 bits per heavy atom. The molecule has 1 heterocycles. The third-order valence-electron chi connectivity index (χ3n) is 3.58. The van der Waals surface area contributed by atoms with Crippen LogP contribution in [0.3, 0.4) is 0 Å². The predicted molar refractivity (Wildman–Crippen MR) is 69.1 cm³/mol. The van der Waals surface area contributed by atoms with Gasteiger partial charge in [-0.15, -0.1) is 0 Å². The molecule has 5 nitrogen and oxygen atoms in total. The molecule has 0 saturated carbocycles. The Kier molecular flexibility index (Phi) is 4.37. The number of likely N-dealkylation sites (N-methyl/N-ethyl adjacent to an activating group) is 1. The van der Waals surface area contributed by atoms with E-state index in [-0.39, 0.29) is 29.9 Å². The molecule has 0 radical (unpaired) electrons. The molecular weight excluding hydrogens is 232 g/mol. The average Bonchev–Trinajstić information content (AvgIpc) is 2.27. The first-order valence-electron chi connectivity index (χ1n) is 6.28. The second-order valence-corrected chi connectivity index (χ2v) is 5.92. The number of piperazine rings is 1. The van der Waals surface area contributed by atoms with Crippen LogP contribution in [0.4, 0.5) is 0 Å². The van der Waals surface area contributed by atoms with Gasteiger partial charge in [0.25, 0.3) is 0 Å². The summed E-state index contributed by atoms with van der Waals surface area (Å²) in [4.78, 5) is 27.6. The van der Waals surface area contributed by atoms with Crippen molar-refractivity contribution in [2.45, 2.75) is 51.7 Å². The molecule has 0 aliphatic carbocycles. The summed E-state index contributed by atoms with van der Waals surface area (Å²) >= 11 is 0. The monoisotopic (exact) mass is 256 g/mol. The molecule has 104 valence electrons. The van der Waals surface area contributed by atoms with E-state index >= 15 is 0 Å². The highest BCUT2D eigenvalue weighted by molar-refractivity contribution is 5.87. The molecule has 1 amide bonds. The summed E-state index contributed by atoms with van der Waals surface area (Å²) in [6.07, 6.45) is 0.115. The first-order valence-corrected chi connectivity index (χ1v) is 6.28. The molecule has 1 saturated heterocycles. The van der Waals surface area contributed by atoms with Gasteiger partial charge >= 0.3 is 5.97 Å². The largest absolute Gasteiger partial charge is 0.469 e. The van der Waals surface area contributed by atoms with Crippen molar-refractivity contribution in [3.63, 3.8) is 0 Å². The summed E-state index contributed by atoms with van der Waals surface area (Å²) in [5.41, 5.74) is -0.149. The summed E-state index contributed by atoms with van der Waals surface area (Å²) in [6, 6.07) is -0.260. The van der Waals surface area contributed by atoms with Gasteiger partial charge in [0, 0.05) is 25.2 Å². The van der Waals surface area contributed by atoms with Gasteiger partial charge in [-0.25, -0.2) is 0 Å². The minimum absolute atomic E-state index is 0.00549. The maximum Gasteiger partial charge on any atom is 0.307 e. The second-order valence-electron chi connectivity index (χ2n) is 5.92. The highest BCUT2D eigenvalue weighted by atomic mass is 16.5. The van der Waals surface area contributed by atoms with Crippen molar-refractivity contribution in [1.29, 1.82) is 0 Å². The Hall–Kier alpha value is -1.10. The van der Waals surface area contributed by atoms with Crippen molar-refractivity contribution in [1.82, 2.24) is 9.80 Å². The molecule has 1 rings (SSSR count). The van der Waals surface area contributed by atoms with Gasteiger partial charge in [0.2, 0.25) is 5.91 Å². The zero-order valence-electron chi connectivity index (χ0n) is 12.2. The topological polar surface area (TPSA) is 49.9 Å². The van der Waals surface area contributed by atoms with Crippen LogP contribution in [0.15, 0.2) is 0 Å². The van der Waals surface area contributed by atoms with E-state index in [1.165, 1.54) is 7.11 Å². The van der Waals surface area contributed by atoms with Gasteiger partial charge in [-0.2, -0.15) is 0 Å². The molecule has 0 spiro atoms. The highest BCUT2D eigenvalue weighted by Gasteiger charge is 2.42. The van der Waals surface area contributed by atoms with E-state index in [1.54, 1.807) is 11.9 Å². The third-order valence-corrected chi connectivity index (χ3v) is 3.58. The van der Waals surface area contributed by atoms with Gasteiger partial charge in [-0.1, -0.05) is 0 Å². The van der Waals surface area contributed by atoms with Gasteiger partial charge in [0.05, 0.1) is 13.5 Å². The zero-order valence-corrected chi connectivity index (χ0v) is 12.2. The Bertz CT molecular complexity index is 336. The first-order chi connectivity index (χ1) is 8.18. The molecule has 0 aromatic rings. The van der Waals surface area contributed by atoms with Crippen molar-refractivity contribution >= 4 is 11.9 Å². The average molecular weight is 256 g/mol. The number of amides is 1. The molecule has 0 bridgehead atoms. The smallest absolute Gasteiger partial charge is 0.307 e. The molecule has 1 aliphatic heterocycles. The Balaban J connectivity index is 2.97. The fraction of sp³-hybridized carbons (Fsp3) is 0.846. The standard InChI is InChI=1S/C13H24N2O3/c1-9-8-15(13(2,3)4)10(7-11(16)18-6)12(17)14(9)5/h9-10H,7-8H2,1-6H3. The van der Waals surface area contributed by atoms with Crippen molar-refractivity contribution in [3.05, 3.63) is 0 Å². The van der Waals surface area contributed by atoms with Crippen LogP contribution in [0.5, 0.6) is 0 Å². The molecule has 2 atom stereocenters. The number of hydrogen-bond donors (Lipinski definition) is 0. The van der Waals surface area contributed by atoms with Crippen LogP contribution in [0, 0.1) is 0 Å². The number of methoxy groups -OCH3 is 1. The van der Waals surface area contributed by atoms with Crippen molar-refractivity contribution < 1.29 is 14.3 Å². The molecule has 1 fully saturated rings. The van der Waals surface area contributed by atoms with Crippen LogP contribution in [0.1, 0.15) is 34.1 Å². The SMILES string of the molecule is COC(=O)CC1C(=O)N(C)C(C)CN1C(C)(C)C. The third kappa shape index (κ3) is 3.02. The highest BCUT2D eigenvalue weighted by Crippen LogP contribution is 2.26. The first kappa shape index (κ1) is 15.0. The van der Waals surface area contributed by atoms with Crippen molar-refractivity contribution in [2.75, 3.05) is 20.7 Å². The summed E-state index contributed by atoms with van der Waals surface area (Å²) in [5.74, 6) is -0.348. The predicted octanol–water partition coefficient (Wildman–Crippen LogP) is 0.879. The van der Waals surface area contributed by atoms with Crippen LogP contribution in [-0.2, 0) is 14.3 Å². The summed E-state index contributed by atoms with van der Waals surface area (Å²) < 4.78 is 4.69. The fourth-order valence-corrected chi connectivity index (χ4v) is 2.30. The van der Waals surface area contributed by atoms with Crippen molar-refractivity contribution in [2.24, 2.45) is 0 Å². The minimum Gasteiger partial charge on any atom is -0.469 e. The summed E-state index contributed by atoms with van der Waals surface area (Å²) in [7, 11) is 3.14. The van der Waals surface area contributed by atoms with E-state index in [1.807, 2.05) is 6.92 Å². The van der Waals surface area contributed by atoms with E-state index in [4.69, 9.17) is 0 Å². The Morgan fingerprint density at radius 2 is 2.00 bits per heavy atom. The number of esters is 1. The lowest BCUT2D eigenvalue weighted by molar-refractivity contribution is -0.155. The number of carbonyl (C=O) groups excluding carboxylic acids is 2. The molecule has 0 aromatic carbocycles. The zero-order chi connectivity index (χ0) is 14.1. The van der Waals surface area contributed by atoms with Gasteiger partial charge in [0.1, 0.15) is 6.04 Å². The quantitative estimate of drug-likeness (QED) is 0.688. The van der Waals surface area contributed by atoms with E-state index in [2.05, 4.69) is 30.4 Å². The van der Waals surface area contributed by atoms with E-state index in [0.29, 0.717) is 0 Å². The number of carbonyl (C=O) groups is 2. The molecule has 1 aliphatic rings.